The van der Waals surface area contributed by atoms with Crippen LogP contribution in [0.5, 0.6) is 11.5 Å². The first-order valence-corrected chi connectivity index (χ1v) is 13.7. The van der Waals surface area contributed by atoms with Gasteiger partial charge in [0, 0.05) is 28.6 Å². The summed E-state index contributed by atoms with van der Waals surface area (Å²) in [5, 5.41) is 13.3. The number of hydrogen-bond donors (Lipinski definition) is 1. The molecular formula is C30H23ClN4O3S. The molecule has 39 heavy (non-hydrogen) atoms. The third-order valence-corrected chi connectivity index (χ3v) is 7.60. The highest BCUT2D eigenvalue weighted by Crippen LogP contribution is 2.34. The van der Waals surface area contributed by atoms with Crippen LogP contribution in [-0.2, 0) is 12.3 Å². The van der Waals surface area contributed by atoms with Crippen molar-refractivity contribution in [2.75, 3.05) is 12.1 Å². The number of ether oxygens (including phenoxy) is 2. The predicted molar refractivity (Wildman–Crippen MR) is 153 cm³/mol. The molecule has 0 spiro atoms. The van der Waals surface area contributed by atoms with Crippen LogP contribution in [0, 0.1) is 0 Å². The Morgan fingerprint density at radius 1 is 0.872 bits per heavy atom. The molecule has 6 rings (SSSR count). The van der Waals surface area contributed by atoms with Crippen molar-refractivity contribution in [1.29, 1.82) is 0 Å². The average Bonchev–Trinajstić information content (AvgIpc) is 3.59. The molecule has 0 aliphatic carbocycles. The molecule has 0 radical (unpaired) electrons. The molecule has 5 aromatic rings. The minimum absolute atomic E-state index is 0.191. The van der Waals surface area contributed by atoms with E-state index in [0.717, 1.165) is 27.7 Å². The fraction of sp³-hybridized carbons (Fsp3) is 0.100. The number of halogens is 1. The number of aromatic nitrogens is 3. The van der Waals surface area contributed by atoms with Crippen LogP contribution in [0.3, 0.4) is 0 Å². The number of thioether (sulfide) groups is 1. The van der Waals surface area contributed by atoms with E-state index >= 15 is 0 Å². The monoisotopic (exact) mass is 554 g/mol. The van der Waals surface area contributed by atoms with Crippen molar-refractivity contribution in [2.45, 2.75) is 17.5 Å². The number of amides is 1. The molecule has 0 unspecified atom stereocenters. The smallest absolute Gasteiger partial charge is 0.255 e. The average molecular weight is 555 g/mol. The second-order valence-corrected chi connectivity index (χ2v) is 10.2. The maximum Gasteiger partial charge on any atom is 0.255 e. The van der Waals surface area contributed by atoms with E-state index in [2.05, 4.69) is 32.2 Å². The second-order valence-electron chi connectivity index (χ2n) is 8.87. The fourth-order valence-electron chi connectivity index (χ4n) is 4.22. The molecule has 1 N–H and O–H groups in total. The van der Waals surface area contributed by atoms with Gasteiger partial charge in [0.1, 0.15) is 0 Å². The molecule has 0 bridgehead atoms. The van der Waals surface area contributed by atoms with Crippen molar-refractivity contribution in [3.05, 3.63) is 119 Å². The first-order valence-electron chi connectivity index (χ1n) is 12.3. The van der Waals surface area contributed by atoms with Gasteiger partial charge in [0.05, 0.1) is 11.6 Å². The van der Waals surface area contributed by atoms with Gasteiger partial charge in [-0.1, -0.05) is 78.0 Å². The van der Waals surface area contributed by atoms with Crippen LogP contribution in [0.25, 0.3) is 11.4 Å². The number of fused-ring (bicyclic) bond motifs is 1. The zero-order chi connectivity index (χ0) is 26.6. The molecule has 4 aromatic carbocycles. The highest BCUT2D eigenvalue weighted by atomic mass is 35.5. The van der Waals surface area contributed by atoms with Gasteiger partial charge in [0.2, 0.25) is 6.79 Å². The lowest BCUT2D eigenvalue weighted by Gasteiger charge is -2.11. The van der Waals surface area contributed by atoms with Gasteiger partial charge >= 0.3 is 0 Å². The SMILES string of the molecule is O=C(Nc1ccc2c(c1)OCO2)c1ccc(CSc2nnc(-c3ccccc3Cl)n2Cc2ccccc2)cc1. The van der Waals surface area contributed by atoms with Gasteiger partial charge in [-0.05, 0) is 47.5 Å². The Morgan fingerprint density at radius 3 is 2.46 bits per heavy atom. The topological polar surface area (TPSA) is 78.3 Å². The van der Waals surface area contributed by atoms with Gasteiger partial charge in [-0.15, -0.1) is 10.2 Å². The van der Waals surface area contributed by atoms with Crippen LogP contribution in [0.15, 0.2) is 102 Å². The minimum atomic E-state index is -0.194. The summed E-state index contributed by atoms with van der Waals surface area (Å²) >= 11 is 8.09. The van der Waals surface area contributed by atoms with Crippen LogP contribution < -0.4 is 14.8 Å². The Labute approximate surface area is 234 Å². The van der Waals surface area contributed by atoms with E-state index in [0.29, 0.717) is 40.1 Å². The van der Waals surface area contributed by atoms with Gasteiger partial charge in [0.25, 0.3) is 5.91 Å². The van der Waals surface area contributed by atoms with Crippen LogP contribution in [0.4, 0.5) is 5.69 Å². The highest BCUT2D eigenvalue weighted by molar-refractivity contribution is 7.98. The van der Waals surface area contributed by atoms with Crippen molar-refractivity contribution in [1.82, 2.24) is 14.8 Å². The minimum Gasteiger partial charge on any atom is -0.454 e. The van der Waals surface area contributed by atoms with E-state index in [9.17, 15) is 4.79 Å². The molecule has 1 aromatic heterocycles. The normalized spacial score (nSPS) is 11.9. The number of anilines is 1. The van der Waals surface area contributed by atoms with E-state index < -0.39 is 0 Å². The van der Waals surface area contributed by atoms with Crippen LogP contribution in [0.1, 0.15) is 21.5 Å². The maximum absolute atomic E-state index is 12.8. The van der Waals surface area contributed by atoms with Crippen molar-refractivity contribution in [2.24, 2.45) is 0 Å². The Morgan fingerprint density at radius 2 is 1.64 bits per heavy atom. The Kier molecular flexibility index (Phi) is 7.21. The molecule has 1 aliphatic rings. The quantitative estimate of drug-likeness (QED) is 0.210. The highest BCUT2D eigenvalue weighted by Gasteiger charge is 2.18. The molecule has 7 nitrogen and oxygen atoms in total. The van der Waals surface area contributed by atoms with Crippen molar-refractivity contribution in [3.63, 3.8) is 0 Å². The lowest BCUT2D eigenvalue weighted by atomic mass is 10.1. The Balaban J connectivity index is 1.16. The van der Waals surface area contributed by atoms with Crippen LogP contribution >= 0.6 is 23.4 Å². The first-order chi connectivity index (χ1) is 19.1. The van der Waals surface area contributed by atoms with Crippen LogP contribution in [0.2, 0.25) is 5.02 Å². The number of rotatable bonds is 8. The fourth-order valence-corrected chi connectivity index (χ4v) is 5.34. The summed E-state index contributed by atoms with van der Waals surface area (Å²) in [6.07, 6.45) is 0. The summed E-state index contributed by atoms with van der Waals surface area (Å²) < 4.78 is 12.8. The molecule has 0 saturated heterocycles. The van der Waals surface area contributed by atoms with Gasteiger partial charge in [0.15, 0.2) is 22.5 Å². The standard InChI is InChI=1S/C30H23ClN4O3S/c31-25-9-5-4-8-24(25)28-33-34-30(35(28)17-20-6-2-1-3-7-20)39-18-21-10-12-22(13-11-21)29(36)32-23-14-15-26-27(16-23)38-19-37-26/h1-16H,17-19H2,(H,32,36). The van der Waals surface area contributed by atoms with E-state index in [1.807, 2.05) is 66.7 Å². The molecule has 194 valence electrons. The third kappa shape index (κ3) is 5.62. The lowest BCUT2D eigenvalue weighted by Crippen LogP contribution is -2.11. The molecule has 9 heteroatoms. The summed E-state index contributed by atoms with van der Waals surface area (Å²) in [5.74, 6) is 2.49. The Hall–Kier alpha value is -4.27. The zero-order valence-electron chi connectivity index (χ0n) is 20.7. The molecule has 0 atom stereocenters. The van der Waals surface area contributed by atoms with E-state index in [4.69, 9.17) is 21.1 Å². The summed E-state index contributed by atoms with van der Waals surface area (Å²) in [5.41, 5.74) is 4.26. The van der Waals surface area contributed by atoms with E-state index in [1.165, 1.54) is 0 Å². The molecule has 1 aliphatic heterocycles. The zero-order valence-corrected chi connectivity index (χ0v) is 22.3. The number of benzene rings is 4. The second kappa shape index (κ2) is 11.2. The number of carbonyl (C=O) groups excluding carboxylic acids is 1. The van der Waals surface area contributed by atoms with E-state index in [1.54, 1.807) is 30.0 Å². The molecular weight excluding hydrogens is 532 g/mol. The number of nitrogens with one attached hydrogen (secondary N) is 1. The summed E-state index contributed by atoms with van der Waals surface area (Å²) in [7, 11) is 0. The first kappa shape index (κ1) is 25.0. The predicted octanol–water partition coefficient (Wildman–Crippen LogP) is 6.92. The van der Waals surface area contributed by atoms with Crippen LogP contribution in [-0.4, -0.2) is 27.5 Å². The molecule has 1 amide bonds. The summed E-state index contributed by atoms with van der Waals surface area (Å²) in [6.45, 7) is 0.811. The number of hydrogen-bond acceptors (Lipinski definition) is 6. The van der Waals surface area contributed by atoms with Crippen molar-refractivity contribution >= 4 is 35.0 Å². The maximum atomic E-state index is 12.8. The van der Waals surface area contributed by atoms with E-state index in [-0.39, 0.29) is 12.7 Å². The summed E-state index contributed by atoms with van der Waals surface area (Å²) in [4.78, 5) is 12.8. The molecule has 2 heterocycles. The lowest BCUT2D eigenvalue weighted by molar-refractivity contribution is 0.102. The van der Waals surface area contributed by atoms with Crippen molar-refractivity contribution in [3.8, 4) is 22.9 Å². The number of nitrogens with zero attached hydrogens (tertiary/aromatic N) is 3. The van der Waals surface area contributed by atoms with Gasteiger partial charge in [-0.3, -0.25) is 9.36 Å². The largest absolute Gasteiger partial charge is 0.454 e. The Bertz CT molecular complexity index is 1620. The van der Waals surface area contributed by atoms with Gasteiger partial charge in [-0.25, -0.2) is 0 Å². The van der Waals surface area contributed by atoms with Gasteiger partial charge < -0.3 is 14.8 Å². The number of carbonyl (C=O) groups is 1. The molecule has 0 saturated carbocycles. The van der Waals surface area contributed by atoms with Crippen molar-refractivity contribution < 1.29 is 14.3 Å². The summed E-state index contributed by atoms with van der Waals surface area (Å²) in [6, 6.07) is 30.7. The van der Waals surface area contributed by atoms with Gasteiger partial charge in [-0.2, -0.15) is 0 Å². The molecule has 0 fully saturated rings. The third-order valence-electron chi connectivity index (χ3n) is 6.23.